The zero-order chi connectivity index (χ0) is 9.03. The average molecular weight is 180 g/mol. The van der Waals surface area contributed by atoms with Gasteiger partial charge < -0.3 is 4.90 Å². The lowest BCUT2D eigenvalue weighted by molar-refractivity contribution is -0.138. The quantitative estimate of drug-likeness (QED) is 0.630. The molecule has 0 aromatic rings. The zero-order valence-corrected chi connectivity index (χ0v) is 6.90. The number of alkyl halides is 3. The van der Waals surface area contributed by atoms with Crippen LogP contribution in [0.1, 0.15) is 19.3 Å². The first kappa shape index (κ1) is 9.84. The third-order valence-corrected chi connectivity index (χ3v) is 1.98. The number of nitrogens with zero attached hydrogens (tertiary/aromatic N) is 1. The number of hydrogen-bond donors (Lipinski definition) is 0. The second kappa shape index (κ2) is 4.12. The van der Waals surface area contributed by atoms with Crippen molar-refractivity contribution >= 4 is 0 Å². The van der Waals surface area contributed by atoms with Gasteiger partial charge in [0.25, 0.3) is 0 Å². The predicted octanol–water partition coefficient (Wildman–Crippen LogP) is 2.24. The highest BCUT2D eigenvalue weighted by atomic mass is 19.4. The van der Waals surface area contributed by atoms with Gasteiger partial charge in [-0.2, -0.15) is 13.2 Å². The minimum absolute atomic E-state index is 0.153. The Kier molecular flexibility index (Phi) is 3.38. The molecule has 0 bridgehead atoms. The highest BCUT2D eigenvalue weighted by Crippen LogP contribution is 2.20. The molecule has 0 saturated carbocycles. The van der Waals surface area contributed by atoms with E-state index >= 15 is 0 Å². The molecule has 0 aromatic carbocycles. The molecule has 0 N–H and O–H groups in total. The molecular formula is C8H13F3N. The molecule has 0 aliphatic carbocycles. The van der Waals surface area contributed by atoms with Gasteiger partial charge in [0.1, 0.15) is 0 Å². The van der Waals surface area contributed by atoms with Crippen LogP contribution in [0.15, 0.2) is 0 Å². The average Bonchev–Trinajstić information content (AvgIpc) is 2.02. The largest absolute Gasteiger partial charge is 0.390 e. The Bertz CT molecular complexity index is 127. The molecule has 1 nitrogen and oxygen atoms in total. The fourth-order valence-electron chi connectivity index (χ4n) is 1.31. The molecule has 12 heavy (non-hydrogen) atoms. The molecule has 4 heteroatoms. The Morgan fingerprint density at radius 1 is 1.33 bits per heavy atom. The molecule has 1 aliphatic heterocycles. The normalized spacial score (nSPS) is 21.2. The standard InChI is InChI=1S/C8H13F3N/c9-8(10,11)4-7-12-5-2-1-3-6-12/h2H,1,3-7H2. The van der Waals surface area contributed by atoms with Crippen LogP contribution < -0.4 is 0 Å². The van der Waals surface area contributed by atoms with E-state index in [0.29, 0.717) is 0 Å². The van der Waals surface area contributed by atoms with Crippen LogP contribution in [0.25, 0.3) is 0 Å². The maximum atomic E-state index is 11.8. The van der Waals surface area contributed by atoms with Crippen molar-refractivity contribution in [2.75, 3.05) is 19.6 Å². The Morgan fingerprint density at radius 2 is 2.08 bits per heavy atom. The first-order chi connectivity index (χ1) is 5.58. The third kappa shape index (κ3) is 3.95. The summed E-state index contributed by atoms with van der Waals surface area (Å²) in [6, 6.07) is 0. The summed E-state index contributed by atoms with van der Waals surface area (Å²) < 4.78 is 35.3. The van der Waals surface area contributed by atoms with E-state index in [1.807, 2.05) is 11.3 Å². The van der Waals surface area contributed by atoms with Gasteiger partial charge in [0.2, 0.25) is 0 Å². The van der Waals surface area contributed by atoms with Gasteiger partial charge in [-0.05, 0) is 25.8 Å². The minimum atomic E-state index is -4.00. The van der Waals surface area contributed by atoms with Gasteiger partial charge in [-0.15, -0.1) is 0 Å². The smallest absolute Gasteiger partial charge is 0.303 e. The van der Waals surface area contributed by atoms with E-state index < -0.39 is 12.6 Å². The van der Waals surface area contributed by atoms with Crippen molar-refractivity contribution in [3.63, 3.8) is 0 Å². The van der Waals surface area contributed by atoms with Crippen molar-refractivity contribution in [1.82, 2.24) is 4.90 Å². The Labute approximate surface area is 70.5 Å². The van der Waals surface area contributed by atoms with E-state index in [1.165, 1.54) is 0 Å². The van der Waals surface area contributed by atoms with E-state index in [-0.39, 0.29) is 6.54 Å². The fourth-order valence-corrected chi connectivity index (χ4v) is 1.31. The van der Waals surface area contributed by atoms with Gasteiger partial charge >= 0.3 is 6.18 Å². The summed E-state index contributed by atoms with van der Waals surface area (Å²) in [5, 5.41) is 0. The molecule has 0 atom stereocenters. The Hall–Kier alpha value is -0.250. The summed E-state index contributed by atoms with van der Waals surface area (Å²) >= 11 is 0. The molecule has 1 saturated heterocycles. The molecule has 71 valence electrons. The van der Waals surface area contributed by atoms with Gasteiger partial charge in [0.05, 0.1) is 6.42 Å². The van der Waals surface area contributed by atoms with E-state index in [2.05, 4.69) is 0 Å². The van der Waals surface area contributed by atoms with Crippen molar-refractivity contribution in [3.8, 4) is 0 Å². The summed E-state index contributed by atoms with van der Waals surface area (Å²) in [6.07, 6.45) is -0.599. The Morgan fingerprint density at radius 3 is 2.58 bits per heavy atom. The van der Waals surface area contributed by atoms with E-state index in [4.69, 9.17) is 0 Å². The number of piperidine rings is 1. The van der Waals surface area contributed by atoms with Crippen LogP contribution in [0.3, 0.4) is 0 Å². The number of halogens is 3. The van der Waals surface area contributed by atoms with Crippen LogP contribution in [0.5, 0.6) is 0 Å². The van der Waals surface area contributed by atoms with Crippen molar-refractivity contribution in [2.24, 2.45) is 0 Å². The van der Waals surface area contributed by atoms with Crippen molar-refractivity contribution < 1.29 is 13.2 Å². The lowest BCUT2D eigenvalue weighted by Crippen LogP contribution is -2.33. The van der Waals surface area contributed by atoms with Gasteiger partial charge in [0, 0.05) is 13.1 Å². The second-order valence-electron chi connectivity index (χ2n) is 3.10. The molecule has 1 fully saturated rings. The zero-order valence-electron chi connectivity index (χ0n) is 6.90. The van der Waals surface area contributed by atoms with Crippen LogP contribution in [-0.4, -0.2) is 30.7 Å². The highest BCUT2D eigenvalue weighted by molar-refractivity contribution is 4.77. The fraction of sp³-hybridized carbons (Fsp3) is 0.875. The SMILES string of the molecule is FC(F)(F)CCN1C[CH]CCC1. The molecular weight excluding hydrogens is 167 g/mol. The van der Waals surface area contributed by atoms with Gasteiger partial charge in [-0.3, -0.25) is 0 Å². The van der Waals surface area contributed by atoms with Crippen LogP contribution in [0, 0.1) is 6.42 Å². The predicted molar refractivity (Wildman–Crippen MR) is 40.6 cm³/mol. The molecule has 0 aromatic heterocycles. The summed E-state index contributed by atoms with van der Waals surface area (Å²) in [5.74, 6) is 0. The number of hydrogen-bond acceptors (Lipinski definition) is 1. The van der Waals surface area contributed by atoms with Crippen LogP contribution in [-0.2, 0) is 0 Å². The maximum absolute atomic E-state index is 11.8. The number of rotatable bonds is 2. The first-order valence-corrected chi connectivity index (χ1v) is 4.19. The maximum Gasteiger partial charge on any atom is 0.390 e. The van der Waals surface area contributed by atoms with Gasteiger partial charge in [0.15, 0.2) is 0 Å². The van der Waals surface area contributed by atoms with Crippen molar-refractivity contribution in [3.05, 3.63) is 6.42 Å². The van der Waals surface area contributed by atoms with E-state index in [9.17, 15) is 13.2 Å². The topological polar surface area (TPSA) is 3.24 Å². The molecule has 1 heterocycles. The molecule has 1 aliphatic rings. The summed E-state index contributed by atoms with van der Waals surface area (Å²) in [6.45, 7) is 1.68. The summed E-state index contributed by atoms with van der Waals surface area (Å²) in [4.78, 5) is 1.84. The molecule has 0 amide bonds. The molecule has 1 rings (SSSR count). The van der Waals surface area contributed by atoms with E-state index in [1.54, 1.807) is 0 Å². The number of likely N-dealkylation sites (tertiary alicyclic amines) is 1. The lowest BCUT2D eigenvalue weighted by Gasteiger charge is -2.26. The van der Waals surface area contributed by atoms with Crippen molar-refractivity contribution in [2.45, 2.75) is 25.4 Å². The van der Waals surface area contributed by atoms with Crippen LogP contribution >= 0.6 is 0 Å². The van der Waals surface area contributed by atoms with E-state index in [0.717, 1.165) is 25.9 Å². The second-order valence-corrected chi connectivity index (χ2v) is 3.10. The molecule has 0 spiro atoms. The summed E-state index contributed by atoms with van der Waals surface area (Å²) in [7, 11) is 0. The van der Waals surface area contributed by atoms with Crippen LogP contribution in [0.2, 0.25) is 0 Å². The third-order valence-electron chi connectivity index (χ3n) is 1.98. The monoisotopic (exact) mass is 180 g/mol. The minimum Gasteiger partial charge on any atom is -0.303 e. The summed E-state index contributed by atoms with van der Waals surface area (Å²) in [5.41, 5.74) is 0. The molecule has 1 radical (unpaired) electrons. The van der Waals surface area contributed by atoms with Gasteiger partial charge in [-0.25, -0.2) is 0 Å². The molecule has 0 unspecified atom stereocenters. The lowest BCUT2D eigenvalue weighted by atomic mass is 10.1. The van der Waals surface area contributed by atoms with Gasteiger partial charge in [-0.1, -0.05) is 0 Å². The van der Waals surface area contributed by atoms with Crippen molar-refractivity contribution in [1.29, 1.82) is 0 Å². The first-order valence-electron chi connectivity index (χ1n) is 4.19. The highest BCUT2D eigenvalue weighted by Gasteiger charge is 2.27. The van der Waals surface area contributed by atoms with Crippen LogP contribution in [0.4, 0.5) is 13.2 Å². The Balaban J connectivity index is 2.13.